The molecule has 0 aromatic heterocycles. The molecular formula is C22H23N3O. The largest absolute Gasteiger partial charge is 0.371 e. The van der Waals surface area contributed by atoms with Crippen LogP contribution in [0.4, 0.5) is 5.69 Å². The average molecular weight is 345 g/mol. The maximum absolute atomic E-state index is 12.5. The van der Waals surface area contributed by atoms with Crippen LogP contribution in [0.1, 0.15) is 36.5 Å². The molecule has 0 unspecified atom stereocenters. The number of hydrogen-bond donors (Lipinski definition) is 1. The van der Waals surface area contributed by atoms with Gasteiger partial charge in [0.2, 0.25) is 0 Å². The topological polar surface area (TPSA) is 56.1 Å². The van der Waals surface area contributed by atoms with Gasteiger partial charge in [-0.2, -0.15) is 5.26 Å². The SMILES string of the molecule is CC(C)c1ccc(NC(=O)/C(C#N)=C\N2CCc3ccccc3C2)cc1. The molecule has 132 valence electrons. The number of nitrogens with one attached hydrogen (secondary N) is 1. The van der Waals surface area contributed by atoms with Crippen molar-refractivity contribution in [3.8, 4) is 6.07 Å². The van der Waals surface area contributed by atoms with Crippen molar-refractivity contribution in [1.82, 2.24) is 4.90 Å². The van der Waals surface area contributed by atoms with Gasteiger partial charge in [0, 0.05) is 25.0 Å². The lowest BCUT2D eigenvalue weighted by atomic mass is 10.00. The molecule has 4 nitrogen and oxygen atoms in total. The zero-order valence-corrected chi connectivity index (χ0v) is 15.2. The maximum Gasteiger partial charge on any atom is 0.267 e. The predicted octanol–water partition coefficient (Wildman–Crippen LogP) is 4.21. The number of anilines is 1. The number of hydrogen-bond acceptors (Lipinski definition) is 3. The zero-order chi connectivity index (χ0) is 18.5. The minimum atomic E-state index is -0.372. The van der Waals surface area contributed by atoms with E-state index in [9.17, 15) is 10.1 Å². The van der Waals surface area contributed by atoms with Gasteiger partial charge in [0.15, 0.2) is 0 Å². The van der Waals surface area contributed by atoms with Crippen LogP contribution >= 0.6 is 0 Å². The second-order valence-corrected chi connectivity index (χ2v) is 6.87. The Kier molecular flexibility index (Phi) is 5.38. The van der Waals surface area contributed by atoms with Crippen LogP contribution in [-0.4, -0.2) is 17.4 Å². The van der Waals surface area contributed by atoms with Crippen LogP contribution in [0.2, 0.25) is 0 Å². The summed E-state index contributed by atoms with van der Waals surface area (Å²) in [6.45, 7) is 5.78. The lowest BCUT2D eigenvalue weighted by Crippen LogP contribution is -2.27. The standard InChI is InChI=1S/C22H23N3O/c1-16(2)17-7-9-21(10-8-17)24-22(26)20(13-23)15-25-12-11-18-5-3-4-6-19(18)14-25/h3-10,15-16H,11-12,14H2,1-2H3,(H,24,26)/b20-15-. The first-order chi connectivity index (χ1) is 12.6. The molecule has 2 aromatic carbocycles. The summed E-state index contributed by atoms with van der Waals surface area (Å²) in [7, 11) is 0. The van der Waals surface area contributed by atoms with Crippen molar-refractivity contribution in [2.24, 2.45) is 0 Å². The van der Waals surface area contributed by atoms with Gasteiger partial charge in [-0.3, -0.25) is 4.79 Å². The lowest BCUT2D eigenvalue weighted by molar-refractivity contribution is -0.112. The summed E-state index contributed by atoms with van der Waals surface area (Å²) in [6, 6.07) is 18.1. The summed E-state index contributed by atoms with van der Waals surface area (Å²) < 4.78 is 0. The molecule has 1 aliphatic heterocycles. The summed E-state index contributed by atoms with van der Waals surface area (Å²) in [5, 5.41) is 12.2. The Hall–Kier alpha value is -3.06. The monoisotopic (exact) mass is 345 g/mol. The Bertz CT molecular complexity index is 860. The van der Waals surface area contributed by atoms with Gasteiger partial charge in [-0.15, -0.1) is 0 Å². The van der Waals surface area contributed by atoms with E-state index < -0.39 is 0 Å². The molecular weight excluding hydrogens is 322 g/mol. The first-order valence-corrected chi connectivity index (χ1v) is 8.91. The molecule has 0 saturated heterocycles. The number of benzene rings is 2. The normalized spacial score (nSPS) is 13.9. The fourth-order valence-electron chi connectivity index (χ4n) is 3.10. The Labute approximate surface area is 154 Å². The second kappa shape index (κ2) is 7.88. The van der Waals surface area contributed by atoms with E-state index in [-0.39, 0.29) is 11.5 Å². The molecule has 1 aliphatic rings. The summed E-state index contributed by atoms with van der Waals surface area (Å²) in [5.41, 5.74) is 4.62. The number of carbonyl (C=O) groups excluding carboxylic acids is 1. The number of rotatable bonds is 4. The molecule has 1 heterocycles. The van der Waals surface area contributed by atoms with Crippen molar-refractivity contribution in [2.75, 3.05) is 11.9 Å². The molecule has 0 aliphatic carbocycles. The number of nitrogens with zero attached hydrogens (tertiary/aromatic N) is 2. The van der Waals surface area contributed by atoms with E-state index in [1.807, 2.05) is 47.4 Å². The molecule has 0 saturated carbocycles. The van der Waals surface area contributed by atoms with E-state index in [1.165, 1.54) is 16.7 Å². The highest BCUT2D eigenvalue weighted by Gasteiger charge is 2.16. The van der Waals surface area contributed by atoms with Crippen molar-refractivity contribution in [3.05, 3.63) is 77.0 Å². The van der Waals surface area contributed by atoms with E-state index in [0.29, 0.717) is 11.6 Å². The molecule has 2 aromatic rings. The molecule has 0 bridgehead atoms. The number of carbonyl (C=O) groups is 1. The molecule has 0 radical (unpaired) electrons. The van der Waals surface area contributed by atoms with E-state index in [4.69, 9.17) is 0 Å². The quantitative estimate of drug-likeness (QED) is 0.667. The predicted molar refractivity (Wildman–Crippen MR) is 103 cm³/mol. The van der Waals surface area contributed by atoms with Gasteiger partial charge in [0.05, 0.1) is 0 Å². The highest BCUT2D eigenvalue weighted by Crippen LogP contribution is 2.20. The number of amides is 1. The van der Waals surface area contributed by atoms with Gasteiger partial charge in [0.25, 0.3) is 5.91 Å². The maximum atomic E-state index is 12.5. The highest BCUT2D eigenvalue weighted by atomic mass is 16.1. The first kappa shape index (κ1) is 17.8. The van der Waals surface area contributed by atoms with Crippen LogP contribution in [0, 0.1) is 11.3 Å². The van der Waals surface area contributed by atoms with Gasteiger partial charge in [-0.25, -0.2) is 0 Å². The van der Waals surface area contributed by atoms with E-state index in [1.54, 1.807) is 6.20 Å². The van der Waals surface area contributed by atoms with E-state index in [2.05, 4.69) is 31.3 Å². The smallest absolute Gasteiger partial charge is 0.267 e. The third kappa shape index (κ3) is 4.12. The van der Waals surface area contributed by atoms with Crippen molar-refractivity contribution < 1.29 is 4.79 Å². The molecule has 0 atom stereocenters. The fraction of sp³-hybridized carbons (Fsp3) is 0.273. The van der Waals surface area contributed by atoms with Crippen LogP contribution in [0.5, 0.6) is 0 Å². The number of nitriles is 1. The van der Waals surface area contributed by atoms with Crippen LogP contribution < -0.4 is 5.32 Å². The third-order valence-corrected chi connectivity index (χ3v) is 4.67. The van der Waals surface area contributed by atoms with Crippen molar-refractivity contribution >= 4 is 11.6 Å². The van der Waals surface area contributed by atoms with Crippen molar-refractivity contribution in [3.63, 3.8) is 0 Å². The molecule has 0 spiro atoms. The Balaban J connectivity index is 1.69. The van der Waals surface area contributed by atoms with E-state index >= 15 is 0 Å². The Morgan fingerprint density at radius 1 is 1.15 bits per heavy atom. The Morgan fingerprint density at radius 3 is 2.50 bits per heavy atom. The molecule has 4 heteroatoms. The molecule has 3 rings (SSSR count). The van der Waals surface area contributed by atoms with Crippen LogP contribution in [-0.2, 0) is 17.8 Å². The summed E-state index contributed by atoms with van der Waals surface area (Å²) in [4.78, 5) is 14.5. The van der Waals surface area contributed by atoms with Gasteiger partial charge >= 0.3 is 0 Å². The molecule has 26 heavy (non-hydrogen) atoms. The van der Waals surface area contributed by atoms with Crippen molar-refractivity contribution in [2.45, 2.75) is 32.7 Å². The summed E-state index contributed by atoms with van der Waals surface area (Å²) in [5.74, 6) is 0.0694. The lowest BCUT2D eigenvalue weighted by Gasteiger charge is -2.27. The van der Waals surface area contributed by atoms with Crippen LogP contribution in [0.25, 0.3) is 0 Å². The minimum absolute atomic E-state index is 0.123. The molecule has 0 fully saturated rings. The Morgan fingerprint density at radius 2 is 1.85 bits per heavy atom. The fourth-order valence-corrected chi connectivity index (χ4v) is 3.10. The van der Waals surface area contributed by atoms with Gasteiger partial charge in [0.1, 0.15) is 11.6 Å². The first-order valence-electron chi connectivity index (χ1n) is 8.91. The van der Waals surface area contributed by atoms with Crippen LogP contribution in [0.3, 0.4) is 0 Å². The summed E-state index contributed by atoms with van der Waals surface area (Å²) in [6.07, 6.45) is 2.59. The second-order valence-electron chi connectivity index (χ2n) is 6.87. The van der Waals surface area contributed by atoms with Gasteiger partial charge in [-0.1, -0.05) is 50.2 Å². The molecule has 1 amide bonds. The van der Waals surface area contributed by atoms with Gasteiger partial charge in [-0.05, 0) is 41.2 Å². The highest BCUT2D eigenvalue weighted by molar-refractivity contribution is 6.06. The minimum Gasteiger partial charge on any atom is -0.371 e. The van der Waals surface area contributed by atoms with Crippen molar-refractivity contribution in [1.29, 1.82) is 5.26 Å². The molecule has 1 N–H and O–H groups in total. The van der Waals surface area contributed by atoms with E-state index in [0.717, 1.165) is 19.5 Å². The zero-order valence-electron chi connectivity index (χ0n) is 15.2. The van der Waals surface area contributed by atoms with Gasteiger partial charge < -0.3 is 10.2 Å². The number of fused-ring (bicyclic) bond motifs is 1. The van der Waals surface area contributed by atoms with Crippen LogP contribution in [0.15, 0.2) is 60.3 Å². The third-order valence-electron chi connectivity index (χ3n) is 4.67. The summed E-state index contributed by atoms with van der Waals surface area (Å²) >= 11 is 0. The average Bonchev–Trinajstić information content (AvgIpc) is 2.66.